The lowest BCUT2D eigenvalue weighted by Gasteiger charge is -2.53. The lowest BCUT2D eigenvalue weighted by molar-refractivity contribution is -0.189. The standard InChI is InChI=1S/C29H34ClN3O6/c1-29(2)21-12-18-15-33(11-10-23(18)38-26(21)20-13-19(30)8-9-24(20)39-29)27(35)22(14-25(31)34)32-28(36)37-16-17-6-4-3-5-7-17/h3-9,13,18,21-23,26H,10-12,14-16H2,1-2H3,(H2,31,34)(H,32,36)/t18-,21+,22+,23+,26-/m1/s1. The molecular weight excluding hydrogens is 522 g/mol. The van der Waals surface area contributed by atoms with Gasteiger partial charge in [0.25, 0.3) is 0 Å². The van der Waals surface area contributed by atoms with Crippen LogP contribution in [0.1, 0.15) is 50.3 Å². The number of amides is 3. The maximum absolute atomic E-state index is 13.5. The second-order valence-corrected chi connectivity index (χ2v) is 11.5. The van der Waals surface area contributed by atoms with E-state index in [-0.39, 0.29) is 43.0 Å². The predicted molar refractivity (Wildman–Crippen MR) is 144 cm³/mol. The molecule has 3 amide bonds. The number of carbonyl (C=O) groups is 3. The zero-order valence-corrected chi connectivity index (χ0v) is 22.9. The molecule has 39 heavy (non-hydrogen) atoms. The molecule has 2 aromatic rings. The number of hydrogen-bond acceptors (Lipinski definition) is 6. The van der Waals surface area contributed by atoms with Gasteiger partial charge in [-0.15, -0.1) is 0 Å². The van der Waals surface area contributed by atoms with Crippen molar-refractivity contribution in [3.05, 3.63) is 64.7 Å². The third kappa shape index (κ3) is 5.99. The summed E-state index contributed by atoms with van der Waals surface area (Å²) in [6.07, 6.45) is 0.160. The predicted octanol–water partition coefficient (Wildman–Crippen LogP) is 3.98. The van der Waals surface area contributed by atoms with Gasteiger partial charge in [-0.3, -0.25) is 9.59 Å². The molecule has 3 aliphatic heterocycles. The van der Waals surface area contributed by atoms with Gasteiger partial charge in [0.2, 0.25) is 11.8 Å². The molecule has 208 valence electrons. The smallest absolute Gasteiger partial charge is 0.408 e. The first kappa shape index (κ1) is 27.3. The van der Waals surface area contributed by atoms with Crippen LogP contribution in [0.5, 0.6) is 5.75 Å². The Hall–Kier alpha value is -3.30. The van der Waals surface area contributed by atoms with Crippen molar-refractivity contribution in [2.45, 2.75) is 63.6 Å². The molecule has 0 unspecified atom stereocenters. The summed E-state index contributed by atoms with van der Waals surface area (Å²) in [5, 5.41) is 3.18. The van der Waals surface area contributed by atoms with Crippen molar-refractivity contribution in [3.8, 4) is 5.75 Å². The van der Waals surface area contributed by atoms with Gasteiger partial charge in [0.1, 0.15) is 24.0 Å². The van der Waals surface area contributed by atoms with E-state index in [0.29, 0.717) is 24.5 Å². The zero-order valence-electron chi connectivity index (χ0n) is 22.1. The van der Waals surface area contributed by atoms with Gasteiger partial charge in [-0.2, -0.15) is 0 Å². The van der Waals surface area contributed by atoms with Gasteiger partial charge >= 0.3 is 6.09 Å². The summed E-state index contributed by atoms with van der Waals surface area (Å²) >= 11 is 6.30. The summed E-state index contributed by atoms with van der Waals surface area (Å²) in [6.45, 7) is 5.05. The Labute approximate surface area is 232 Å². The maximum atomic E-state index is 13.5. The molecule has 0 spiro atoms. The summed E-state index contributed by atoms with van der Waals surface area (Å²) in [7, 11) is 0. The van der Waals surface area contributed by atoms with Crippen molar-refractivity contribution in [1.82, 2.24) is 10.2 Å². The van der Waals surface area contributed by atoms with E-state index in [1.807, 2.05) is 48.5 Å². The number of ether oxygens (including phenoxy) is 3. The molecule has 5 atom stereocenters. The number of piperidine rings is 1. The van der Waals surface area contributed by atoms with Crippen LogP contribution < -0.4 is 15.8 Å². The average Bonchev–Trinajstić information content (AvgIpc) is 2.91. The number of nitrogens with two attached hydrogens (primary N) is 1. The number of fused-ring (bicyclic) bond motifs is 4. The lowest BCUT2D eigenvalue weighted by Crippen LogP contribution is -2.58. The second-order valence-electron chi connectivity index (χ2n) is 11.1. The summed E-state index contributed by atoms with van der Waals surface area (Å²) in [5.41, 5.74) is 6.71. The monoisotopic (exact) mass is 555 g/mol. The fourth-order valence-electron chi connectivity index (χ4n) is 6.01. The van der Waals surface area contributed by atoms with Gasteiger partial charge in [-0.25, -0.2) is 4.79 Å². The molecule has 2 aromatic carbocycles. The minimum Gasteiger partial charge on any atom is -0.487 e. The number of carbonyl (C=O) groups excluding carboxylic acids is 3. The summed E-state index contributed by atoms with van der Waals surface area (Å²) < 4.78 is 18.3. The molecule has 0 saturated carbocycles. The van der Waals surface area contributed by atoms with Crippen LogP contribution in [0, 0.1) is 11.8 Å². The van der Waals surface area contributed by atoms with Gasteiger partial charge in [0.15, 0.2) is 0 Å². The first-order valence-corrected chi connectivity index (χ1v) is 13.7. The summed E-state index contributed by atoms with van der Waals surface area (Å²) in [4.78, 5) is 39.4. The minimum absolute atomic E-state index is 0.0329. The van der Waals surface area contributed by atoms with Gasteiger partial charge < -0.3 is 30.2 Å². The SMILES string of the molecule is CC1(C)Oc2ccc(Cl)cc2[C@H]2O[C@H]3CCN(C(=O)[C@H](CC(N)=O)NC(=O)OCc4ccccc4)C[C@H]3C[C@@H]21. The van der Waals surface area contributed by atoms with E-state index in [9.17, 15) is 14.4 Å². The van der Waals surface area contributed by atoms with Crippen LogP contribution in [0.3, 0.4) is 0 Å². The Morgan fingerprint density at radius 2 is 1.97 bits per heavy atom. The molecule has 5 rings (SSSR count). The van der Waals surface area contributed by atoms with Crippen LogP contribution in [0.2, 0.25) is 5.02 Å². The molecule has 3 heterocycles. The van der Waals surface area contributed by atoms with Crippen molar-refractivity contribution in [1.29, 1.82) is 0 Å². The van der Waals surface area contributed by atoms with Crippen LogP contribution in [0.15, 0.2) is 48.5 Å². The normalized spacial score (nSPS) is 25.7. The summed E-state index contributed by atoms with van der Waals surface area (Å²) in [6, 6.07) is 13.7. The molecule has 2 saturated heterocycles. The molecule has 0 aromatic heterocycles. The molecule has 0 radical (unpaired) electrons. The maximum Gasteiger partial charge on any atom is 0.408 e. The number of rotatable bonds is 6. The molecule has 0 bridgehead atoms. The second kappa shape index (κ2) is 11.1. The molecule has 10 heteroatoms. The Morgan fingerprint density at radius 1 is 1.21 bits per heavy atom. The highest BCUT2D eigenvalue weighted by atomic mass is 35.5. The van der Waals surface area contributed by atoms with E-state index in [4.69, 9.17) is 31.5 Å². The molecule has 9 nitrogen and oxygen atoms in total. The fraction of sp³-hybridized carbons (Fsp3) is 0.483. The van der Waals surface area contributed by atoms with E-state index in [1.54, 1.807) is 4.90 Å². The Kier molecular flexibility index (Phi) is 7.73. The van der Waals surface area contributed by atoms with E-state index in [0.717, 1.165) is 23.3 Å². The average molecular weight is 556 g/mol. The number of likely N-dealkylation sites (tertiary alicyclic amines) is 1. The third-order valence-electron chi connectivity index (χ3n) is 7.97. The number of benzene rings is 2. The van der Waals surface area contributed by atoms with Gasteiger partial charge in [-0.1, -0.05) is 41.9 Å². The van der Waals surface area contributed by atoms with Crippen LogP contribution in [0.4, 0.5) is 4.79 Å². The quantitative estimate of drug-likeness (QED) is 0.556. The number of primary amides is 1. The van der Waals surface area contributed by atoms with E-state index < -0.39 is 23.6 Å². The Bertz CT molecular complexity index is 1240. The number of alkyl carbamates (subject to hydrolysis) is 1. The van der Waals surface area contributed by atoms with Crippen LogP contribution >= 0.6 is 11.6 Å². The number of halogens is 1. The van der Waals surface area contributed by atoms with Crippen molar-refractivity contribution >= 4 is 29.5 Å². The fourth-order valence-corrected chi connectivity index (χ4v) is 6.19. The highest BCUT2D eigenvalue weighted by Gasteiger charge is 2.52. The highest BCUT2D eigenvalue weighted by Crippen LogP contribution is 2.53. The van der Waals surface area contributed by atoms with Crippen molar-refractivity contribution in [3.63, 3.8) is 0 Å². The largest absolute Gasteiger partial charge is 0.487 e. The topological polar surface area (TPSA) is 120 Å². The van der Waals surface area contributed by atoms with E-state index in [2.05, 4.69) is 19.2 Å². The first-order valence-electron chi connectivity index (χ1n) is 13.3. The van der Waals surface area contributed by atoms with Crippen molar-refractivity contribution in [2.24, 2.45) is 17.6 Å². The van der Waals surface area contributed by atoms with Crippen molar-refractivity contribution in [2.75, 3.05) is 13.1 Å². The highest BCUT2D eigenvalue weighted by molar-refractivity contribution is 6.30. The van der Waals surface area contributed by atoms with Crippen LogP contribution in [-0.4, -0.2) is 53.6 Å². The molecule has 3 N–H and O–H groups in total. The third-order valence-corrected chi connectivity index (χ3v) is 8.21. The minimum atomic E-state index is -1.11. The first-order chi connectivity index (χ1) is 18.6. The number of nitrogens with one attached hydrogen (secondary N) is 1. The van der Waals surface area contributed by atoms with Gasteiger partial charge in [0.05, 0.1) is 18.6 Å². The number of hydrogen-bond donors (Lipinski definition) is 2. The van der Waals surface area contributed by atoms with Gasteiger partial charge in [0, 0.05) is 35.5 Å². The van der Waals surface area contributed by atoms with Crippen molar-refractivity contribution < 1.29 is 28.6 Å². The zero-order chi connectivity index (χ0) is 27.7. The number of nitrogens with zero attached hydrogens (tertiary/aromatic N) is 1. The lowest BCUT2D eigenvalue weighted by atomic mass is 9.70. The van der Waals surface area contributed by atoms with Crippen LogP contribution in [0.25, 0.3) is 0 Å². The van der Waals surface area contributed by atoms with Gasteiger partial charge in [-0.05, 0) is 50.5 Å². The summed E-state index contributed by atoms with van der Waals surface area (Å²) in [5.74, 6) is -0.119. The molecule has 0 aliphatic carbocycles. The van der Waals surface area contributed by atoms with E-state index >= 15 is 0 Å². The molecular formula is C29H34ClN3O6. The van der Waals surface area contributed by atoms with Crippen LogP contribution in [-0.2, 0) is 25.7 Å². The molecule has 2 fully saturated rings. The van der Waals surface area contributed by atoms with E-state index in [1.165, 1.54) is 0 Å². The molecule has 3 aliphatic rings. The Morgan fingerprint density at radius 3 is 2.72 bits per heavy atom. The Balaban J connectivity index is 1.25.